The van der Waals surface area contributed by atoms with Crippen molar-refractivity contribution in [3.63, 3.8) is 0 Å². The predicted octanol–water partition coefficient (Wildman–Crippen LogP) is 3.00. The van der Waals surface area contributed by atoms with Crippen molar-refractivity contribution in [1.82, 2.24) is 9.97 Å². The Morgan fingerprint density at radius 2 is 1.80 bits per heavy atom. The lowest BCUT2D eigenvalue weighted by molar-refractivity contribution is 0.909. The maximum atomic E-state index is 4.51. The van der Waals surface area contributed by atoms with Gasteiger partial charge in [0.15, 0.2) is 0 Å². The first-order valence-electron chi connectivity index (χ1n) is 4.94. The topological polar surface area (TPSA) is 25.8 Å². The molecule has 0 spiro atoms. The van der Waals surface area contributed by atoms with Gasteiger partial charge in [-0.05, 0) is 52.0 Å². The highest BCUT2D eigenvalue weighted by Crippen LogP contribution is 2.30. The number of aryl methyl sites for hydroxylation is 2. The van der Waals surface area contributed by atoms with Crippen molar-refractivity contribution >= 4 is 15.9 Å². The molecule has 0 atom stereocenters. The predicted molar refractivity (Wildman–Crippen MR) is 62.6 cm³/mol. The highest BCUT2D eigenvalue weighted by atomic mass is 79.9. The van der Waals surface area contributed by atoms with Crippen molar-refractivity contribution in [2.75, 3.05) is 0 Å². The van der Waals surface area contributed by atoms with E-state index in [-0.39, 0.29) is 0 Å². The molecule has 0 aliphatic heterocycles. The van der Waals surface area contributed by atoms with Crippen LogP contribution in [0.3, 0.4) is 0 Å². The maximum Gasteiger partial charge on any atom is 0.106 e. The maximum absolute atomic E-state index is 4.51. The molecule has 2 aromatic heterocycles. The van der Waals surface area contributed by atoms with Crippen molar-refractivity contribution in [3.8, 4) is 11.4 Å². The van der Waals surface area contributed by atoms with Crippen LogP contribution in [0.25, 0.3) is 11.4 Å². The fourth-order valence-electron chi connectivity index (χ4n) is 1.99. The third-order valence-corrected chi connectivity index (χ3v) is 3.17. The normalized spacial score (nSPS) is 13.1. The second-order valence-electron chi connectivity index (χ2n) is 3.65. The van der Waals surface area contributed by atoms with Crippen LogP contribution in [0.1, 0.15) is 11.1 Å². The minimum Gasteiger partial charge on any atom is -0.254 e. The Balaban J connectivity index is 2.28. The van der Waals surface area contributed by atoms with E-state index < -0.39 is 0 Å². The van der Waals surface area contributed by atoms with Crippen LogP contribution >= 0.6 is 15.9 Å². The molecule has 74 valence electrons. The first-order chi connectivity index (χ1) is 7.34. The monoisotopic (exact) mass is 260 g/mol. The van der Waals surface area contributed by atoms with E-state index in [4.69, 9.17) is 0 Å². The zero-order chi connectivity index (χ0) is 10.3. The summed E-state index contributed by atoms with van der Waals surface area (Å²) in [6.45, 7) is 0. The number of rotatable bonds is 0. The van der Waals surface area contributed by atoms with Crippen molar-refractivity contribution in [2.45, 2.75) is 12.8 Å². The summed E-state index contributed by atoms with van der Waals surface area (Å²) >= 11 is 3.40. The Hall–Kier alpha value is -1.22. The average molecular weight is 261 g/mol. The molecular formula is C12H9BrN2. The Labute approximate surface area is 96.5 Å². The highest BCUT2D eigenvalue weighted by Gasteiger charge is 2.17. The molecule has 0 unspecified atom stereocenters. The number of nitrogens with zero attached hydrogens (tertiary/aromatic N) is 2. The van der Waals surface area contributed by atoms with Gasteiger partial charge in [-0.25, -0.2) is 4.98 Å². The van der Waals surface area contributed by atoms with Gasteiger partial charge in [-0.3, -0.25) is 4.98 Å². The van der Waals surface area contributed by atoms with E-state index in [1.165, 1.54) is 11.1 Å². The van der Waals surface area contributed by atoms with E-state index in [1.54, 1.807) is 0 Å². The first-order valence-corrected chi connectivity index (χ1v) is 5.73. The van der Waals surface area contributed by atoms with Gasteiger partial charge >= 0.3 is 0 Å². The minimum absolute atomic E-state index is 0.875. The summed E-state index contributed by atoms with van der Waals surface area (Å²) in [6.07, 6.45) is 3.96. The van der Waals surface area contributed by atoms with E-state index in [0.29, 0.717) is 0 Å². The number of hydrogen-bond acceptors (Lipinski definition) is 2. The summed E-state index contributed by atoms with van der Waals surface area (Å²) in [5, 5.41) is 0. The molecule has 0 saturated heterocycles. The Kier molecular flexibility index (Phi) is 2.06. The lowest BCUT2D eigenvalue weighted by Gasteiger charge is -2.17. The third kappa shape index (κ3) is 1.47. The lowest BCUT2D eigenvalue weighted by atomic mass is 9.93. The lowest BCUT2D eigenvalue weighted by Crippen LogP contribution is -2.07. The number of aromatic nitrogens is 2. The van der Waals surface area contributed by atoms with Gasteiger partial charge in [-0.1, -0.05) is 12.1 Å². The van der Waals surface area contributed by atoms with Gasteiger partial charge in [0.1, 0.15) is 4.60 Å². The van der Waals surface area contributed by atoms with E-state index >= 15 is 0 Å². The van der Waals surface area contributed by atoms with Gasteiger partial charge in [-0.2, -0.15) is 0 Å². The van der Waals surface area contributed by atoms with Gasteiger partial charge in [0.25, 0.3) is 0 Å². The van der Waals surface area contributed by atoms with Gasteiger partial charge in [0.2, 0.25) is 0 Å². The molecule has 0 saturated carbocycles. The van der Waals surface area contributed by atoms with E-state index in [0.717, 1.165) is 28.8 Å². The molecule has 3 rings (SSSR count). The zero-order valence-electron chi connectivity index (χ0n) is 8.07. The second-order valence-corrected chi connectivity index (χ2v) is 4.47. The second kappa shape index (κ2) is 3.42. The molecule has 15 heavy (non-hydrogen) atoms. The van der Waals surface area contributed by atoms with Gasteiger partial charge in [0.05, 0.1) is 11.4 Å². The summed E-state index contributed by atoms with van der Waals surface area (Å²) < 4.78 is 0.875. The standard InChI is InChI=1S/C12H9BrN2/c13-10-6-5-9-4-3-8-2-1-7-14-11(8)12(9)15-10/h1-2,5-7H,3-4H2. The van der Waals surface area contributed by atoms with Crippen LogP contribution in [-0.4, -0.2) is 9.97 Å². The summed E-state index contributed by atoms with van der Waals surface area (Å²) in [6, 6.07) is 8.24. The number of pyridine rings is 2. The molecule has 2 nitrogen and oxygen atoms in total. The zero-order valence-corrected chi connectivity index (χ0v) is 9.66. The number of fused-ring (bicyclic) bond motifs is 3. The molecule has 1 aliphatic rings. The van der Waals surface area contributed by atoms with Crippen LogP contribution in [-0.2, 0) is 12.8 Å². The fourth-order valence-corrected chi connectivity index (χ4v) is 2.30. The molecule has 0 bridgehead atoms. The molecule has 0 fully saturated rings. The SMILES string of the molecule is Brc1ccc2c(n1)-c1ncccc1CC2. The number of hydrogen-bond donors (Lipinski definition) is 0. The Morgan fingerprint density at radius 3 is 2.67 bits per heavy atom. The van der Waals surface area contributed by atoms with Gasteiger partial charge in [0, 0.05) is 6.20 Å². The van der Waals surface area contributed by atoms with Crippen LogP contribution in [0.2, 0.25) is 0 Å². The largest absolute Gasteiger partial charge is 0.254 e. The van der Waals surface area contributed by atoms with Crippen LogP contribution in [0.15, 0.2) is 35.1 Å². The molecule has 0 radical (unpaired) electrons. The molecular weight excluding hydrogens is 252 g/mol. The molecule has 2 heterocycles. The molecule has 0 aromatic carbocycles. The van der Waals surface area contributed by atoms with E-state index in [1.807, 2.05) is 18.3 Å². The van der Waals surface area contributed by atoms with Crippen molar-refractivity contribution in [2.24, 2.45) is 0 Å². The smallest absolute Gasteiger partial charge is 0.106 e. The quantitative estimate of drug-likeness (QED) is 0.681. The summed E-state index contributed by atoms with van der Waals surface area (Å²) in [4.78, 5) is 8.93. The molecule has 0 amide bonds. The van der Waals surface area contributed by atoms with E-state index in [2.05, 4.69) is 38.0 Å². The highest BCUT2D eigenvalue weighted by molar-refractivity contribution is 9.10. The summed E-state index contributed by atoms with van der Waals surface area (Å²) in [5.74, 6) is 0. The van der Waals surface area contributed by atoms with E-state index in [9.17, 15) is 0 Å². The Morgan fingerprint density at radius 1 is 1.00 bits per heavy atom. The molecule has 0 N–H and O–H groups in total. The van der Waals surface area contributed by atoms with Crippen LogP contribution < -0.4 is 0 Å². The molecule has 3 heteroatoms. The van der Waals surface area contributed by atoms with Crippen LogP contribution in [0.5, 0.6) is 0 Å². The van der Waals surface area contributed by atoms with Gasteiger partial charge in [-0.15, -0.1) is 0 Å². The van der Waals surface area contributed by atoms with Crippen molar-refractivity contribution in [3.05, 3.63) is 46.2 Å². The van der Waals surface area contributed by atoms with Crippen LogP contribution in [0.4, 0.5) is 0 Å². The minimum atomic E-state index is 0.875. The molecule has 1 aliphatic carbocycles. The summed E-state index contributed by atoms with van der Waals surface area (Å²) in [7, 11) is 0. The molecule has 2 aromatic rings. The fraction of sp³-hybridized carbons (Fsp3) is 0.167. The summed E-state index contributed by atoms with van der Waals surface area (Å²) in [5.41, 5.74) is 4.67. The van der Waals surface area contributed by atoms with Crippen LogP contribution in [0, 0.1) is 0 Å². The van der Waals surface area contributed by atoms with Crippen molar-refractivity contribution < 1.29 is 0 Å². The van der Waals surface area contributed by atoms with Crippen molar-refractivity contribution in [1.29, 1.82) is 0 Å². The average Bonchev–Trinajstić information content (AvgIpc) is 2.29. The third-order valence-electron chi connectivity index (χ3n) is 2.72. The van der Waals surface area contributed by atoms with Gasteiger partial charge < -0.3 is 0 Å². The Bertz CT molecular complexity index is 523. The number of halogens is 1. The first kappa shape index (κ1) is 9.04.